The maximum absolute atomic E-state index is 12.0. The predicted octanol–water partition coefficient (Wildman–Crippen LogP) is 0.371. The molecule has 174 valence electrons. The van der Waals surface area contributed by atoms with Crippen LogP contribution in [0.1, 0.15) is 26.2 Å². The lowest BCUT2D eigenvalue weighted by molar-refractivity contribution is -0.189. The molecule has 2 fully saturated rings. The maximum atomic E-state index is 12.0. The molecule has 3 aliphatic rings. The second kappa shape index (κ2) is 9.32. The van der Waals surface area contributed by atoms with Gasteiger partial charge in [0.2, 0.25) is 0 Å². The van der Waals surface area contributed by atoms with Gasteiger partial charge in [0.25, 0.3) is 5.60 Å². The molecule has 2 saturated heterocycles. The fourth-order valence-electron chi connectivity index (χ4n) is 4.14. The number of rotatable bonds is 8. The number of carbonyl (C=O) groups is 3. The maximum Gasteiger partial charge on any atom is 0.348 e. The second-order valence-electron chi connectivity index (χ2n) is 8.34. The first kappa shape index (κ1) is 23.8. The number of nitrogens with zero attached hydrogens (tertiary/aromatic N) is 1. The molecular weight excluding hydrogens is 420 g/mol. The monoisotopic (exact) mass is 448 g/mol. The minimum Gasteiger partial charge on any atom is -0.479 e. The molecule has 0 saturated carbocycles. The highest BCUT2D eigenvalue weighted by molar-refractivity contribution is 6.02. The van der Waals surface area contributed by atoms with Crippen LogP contribution >= 0.6 is 0 Å². The van der Waals surface area contributed by atoms with Crippen molar-refractivity contribution in [2.75, 3.05) is 26.3 Å². The Morgan fingerprint density at radius 2 is 2.16 bits per heavy atom. The SMILES string of the molecule is C#C[C@]1(O)C(C)CO[C@@H]1COC(CC1=CCC(N2CCCNC2=O)C=C1)(C(=O)O)C(=O)O. The smallest absolute Gasteiger partial charge is 0.348 e. The van der Waals surface area contributed by atoms with Gasteiger partial charge in [-0.05, 0) is 18.4 Å². The first-order valence-corrected chi connectivity index (χ1v) is 10.5. The molecule has 0 spiro atoms. The van der Waals surface area contributed by atoms with Crippen molar-refractivity contribution >= 4 is 18.0 Å². The van der Waals surface area contributed by atoms with Gasteiger partial charge < -0.3 is 35.0 Å². The molecule has 32 heavy (non-hydrogen) atoms. The van der Waals surface area contributed by atoms with Crippen molar-refractivity contribution in [1.82, 2.24) is 10.2 Å². The molecular formula is C22H28N2O8. The van der Waals surface area contributed by atoms with Gasteiger partial charge in [0.15, 0.2) is 5.60 Å². The third kappa shape index (κ3) is 4.37. The summed E-state index contributed by atoms with van der Waals surface area (Å²) < 4.78 is 10.8. The third-order valence-corrected chi connectivity index (χ3v) is 6.31. The van der Waals surface area contributed by atoms with Crippen molar-refractivity contribution < 1.29 is 39.2 Å². The summed E-state index contributed by atoms with van der Waals surface area (Å²) in [7, 11) is 0. The number of hydrogen-bond acceptors (Lipinski definition) is 6. The Bertz CT molecular complexity index is 862. The fraction of sp³-hybridized carbons (Fsp3) is 0.591. The summed E-state index contributed by atoms with van der Waals surface area (Å²) in [5.74, 6) is -1.51. The quantitative estimate of drug-likeness (QED) is 0.308. The zero-order valence-corrected chi connectivity index (χ0v) is 17.8. The zero-order valence-electron chi connectivity index (χ0n) is 17.8. The summed E-state index contributed by atoms with van der Waals surface area (Å²) in [6.07, 6.45) is 10.3. The number of amides is 2. The Hall–Kier alpha value is -2.87. The van der Waals surface area contributed by atoms with E-state index >= 15 is 0 Å². The number of carboxylic acids is 2. The van der Waals surface area contributed by atoms with E-state index in [1.807, 2.05) is 0 Å². The van der Waals surface area contributed by atoms with Crippen LogP contribution in [0, 0.1) is 18.3 Å². The van der Waals surface area contributed by atoms with Crippen LogP contribution in [0.15, 0.2) is 23.8 Å². The minimum atomic E-state index is -2.59. The molecule has 10 nitrogen and oxygen atoms in total. The van der Waals surface area contributed by atoms with Crippen molar-refractivity contribution in [2.45, 2.75) is 49.5 Å². The van der Waals surface area contributed by atoms with Crippen LogP contribution in [-0.2, 0) is 19.1 Å². The average molecular weight is 448 g/mol. The fourth-order valence-corrected chi connectivity index (χ4v) is 4.14. The van der Waals surface area contributed by atoms with Crippen LogP contribution in [0.3, 0.4) is 0 Å². The van der Waals surface area contributed by atoms with Crippen LogP contribution in [-0.4, -0.2) is 87.8 Å². The van der Waals surface area contributed by atoms with Crippen molar-refractivity contribution in [2.24, 2.45) is 5.92 Å². The Morgan fingerprint density at radius 3 is 2.72 bits per heavy atom. The van der Waals surface area contributed by atoms with E-state index in [0.29, 0.717) is 25.1 Å². The van der Waals surface area contributed by atoms with E-state index in [4.69, 9.17) is 15.9 Å². The Balaban J connectivity index is 1.72. The summed E-state index contributed by atoms with van der Waals surface area (Å²) in [6.45, 7) is 2.55. The number of terminal acetylenes is 1. The number of carboxylic acid groups (broad SMARTS) is 2. The van der Waals surface area contributed by atoms with E-state index in [-0.39, 0.29) is 18.7 Å². The van der Waals surface area contributed by atoms with Gasteiger partial charge >= 0.3 is 18.0 Å². The number of ether oxygens (including phenoxy) is 2. The normalized spacial score (nSPS) is 30.4. The molecule has 0 aromatic heterocycles. The molecule has 2 amide bonds. The average Bonchev–Trinajstić information content (AvgIpc) is 3.06. The first-order chi connectivity index (χ1) is 15.1. The van der Waals surface area contributed by atoms with Crippen molar-refractivity contribution in [3.8, 4) is 12.3 Å². The van der Waals surface area contributed by atoms with E-state index < -0.39 is 48.2 Å². The molecule has 2 unspecified atom stereocenters. The number of nitrogens with one attached hydrogen (secondary N) is 1. The molecule has 0 bridgehead atoms. The van der Waals surface area contributed by atoms with Crippen LogP contribution < -0.4 is 5.32 Å². The van der Waals surface area contributed by atoms with Gasteiger partial charge in [-0.25, -0.2) is 14.4 Å². The largest absolute Gasteiger partial charge is 0.479 e. The summed E-state index contributed by atoms with van der Waals surface area (Å²) >= 11 is 0. The zero-order chi connectivity index (χ0) is 23.5. The van der Waals surface area contributed by atoms with Gasteiger partial charge in [-0.3, -0.25) is 0 Å². The van der Waals surface area contributed by atoms with Gasteiger partial charge in [0, 0.05) is 25.4 Å². The highest BCUT2D eigenvalue weighted by Crippen LogP contribution is 2.33. The lowest BCUT2D eigenvalue weighted by Gasteiger charge is -2.35. The Labute approximate surface area is 185 Å². The van der Waals surface area contributed by atoms with Crippen molar-refractivity contribution in [3.05, 3.63) is 23.8 Å². The van der Waals surface area contributed by atoms with Crippen LogP contribution in [0.5, 0.6) is 0 Å². The number of aliphatic hydroxyl groups is 1. The molecule has 1 aliphatic carbocycles. The first-order valence-electron chi connectivity index (χ1n) is 10.5. The van der Waals surface area contributed by atoms with Crippen LogP contribution in [0.2, 0.25) is 0 Å². The molecule has 3 rings (SSSR count). The number of hydrogen-bond donors (Lipinski definition) is 4. The predicted molar refractivity (Wildman–Crippen MR) is 112 cm³/mol. The number of allylic oxidation sites excluding steroid dienone is 1. The molecule has 4 N–H and O–H groups in total. The summed E-state index contributed by atoms with van der Waals surface area (Å²) in [4.78, 5) is 37.8. The van der Waals surface area contributed by atoms with Crippen LogP contribution in [0.4, 0.5) is 4.79 Å². The Kier molecular flexibility index (Phi) is 6.93. The van der Waals surface area contributed by atoms with E-state index in [1.54, 1.807) is 30.1 Å². The summed E-state index contributed by atoms with van der Waals surface area (Å²) in [6, 6.07) is -0.355. The second-order valence-corrected chi connectivity index (χ2v) is 8.34. The van der Waals surface area contributed by atoms with Crippen molar-refractivity contribution in [1.29, 1.82) is 0 Å². The van der Waals surface area contributed by atoms with Crippen LogP contribution in [0.25, 0.3) is 0 Å². The topological polar surface area (TPSA) is 146 Å². The molecule has 0 radical (unpaired) electrons. The van der Waals surface area contributed by atoms with E-state index in [1.165, 1.54) is 0 Å². The molecule has 0 aromatic carbocycles. The van der Waals surface area contributed by atoms with E-state index in [9.17, 15) is 29.7 Å². The third-order valence-electron chi connectivity index (χ3n) is 6.31. The van der Waals surface area contributed by atoms with Crippen molar-refractivity contribution in [3.63, 3.8) is 0 Å². The number of carbonyl (C=O) groups excluding carboxylic acids is 1. The van der Waals surface area contributed by atoms with Gasteiger partial charge in [-0.2, -0.15) is 0 Å². The van der Waals surface area contributed by atoms with Gasteiger partial charge in [0.05, 0.1) is 19.3 Å². The summed E-state index contributed by atoms with van der Waals surface area (Å²) in [5, 5.41) is 32.9. The molecule has 10 heteroatoms. The van der Waals surface area contributed by atoms with Gasteiger partial charge in [-0.15, -0.1) is 6.42 Å². The standard InChI is InChI=1S/C22H28N2O8/c1-3-21(30)14(2)12-31-17(21)13-32-22(18(25)26,19(27)28)11-15-5-7-16(8-6-15)24-10-4-9-23-20(24)29/h1,5-7,14,16-17,30H,4,8-13H2,2H3,(H,23,29)(H,25,26)(H,27,28)/t14?,16?,17-,21+/m1/s1. The molecule has 2 heterocycles. The highest BCUT2D eigenvalue weighted by atomic mass is 16.6. The van der Waals surface area contributed by atoms with Gasteiger partial charge in [-0.1, -0.05) is 31.1 Å². The Morgan fingerprint density at radius 1 is 1.44 bits per heavy atom. The number of urea groups is 1. The lowest BCUT2D eigenvalue weighted by atomic mass is 9.87. The van der Waals surface area contributed by atoms with E-state index in [2.05, 4.69) is 11.2 Å². The minimum absolute atomic E-state index is 0.140. The van der Waals surface area contributed by atoms with E-state index in [0.717, 1.165) is 6.42 Å². The molecule has 0 aromatic rings. The van der Waals surface area contributed by atoms with Gasteiger partial charge in [0.1, 0.15) is 6.10 Å². The lowest BCUT2D eigenvalue weighted by Crippen LogP contribution is -2.53. The highest BCUT2D eigenvalue weighted by Gasteiger charge is 2.53. The molecule has 2 aliphatic heterocycles. The summed E-state index contributed by atoms with van der Waals surface area (Å²) in [5.41, 5.74) is -3.82. The number of aliphatic carboxylic acids is 2. The molecule has 4 atom stereocenters.